The fourth-order valence-corrected chi connectivity index (χ4v) is 3.34. The van der Waals surface area contributed by atoms with Crippen molar-refractivity contribution in [2.45, 2.75) is 25.7 Å². The molecular weight excluding hydrogens is 286 g/mol. The number of halogens is 1. The molecule has 2 fully saturated rings. The Balaban J connectivity index is 1.51. The molecule has 0 aromatic carbocycles. The van der Waals surface area contributed by atoms with E-state index in [1.165, 1.54) is 0 Å². The largest absolute Gasteiger partial charge is 0.370 e. The Morgan fingerprint density at radius 3 is 2.71 bits per heavy atom. The van der Waals surface area contributed by atoms with Crippen LogP contribution in [0.1, 0.15) is 25.7 Å². The molecule has 1 aliphatic heterocycles. The predicted molar refractivity (Wildman–Crippen MR) is 84.5 cm³/mol. The molecule has 21 heavy (non-hydrogen) atoms. The minimum absolute atomic E-state index is 0.325. The van der Waals surface area contributed by atoms with Gasteiger partial charge in [0, 0.05) is 45.0 Å². The number of amides is 1. The molecule has 1 amide bonds. The average Bonchev–Trinajstić information content (AvgIpc) is 3.32. The van der Waals surface area contributed by atoms with E-state index in [2.05, 4.69) is 9.88 Å². The maximum Gasteiger partial charge on any atom is 0.225 e. The molecule has 4 nitrogen and oxygen atoms in total. The molecule has 3 rings (SSSR count). The highest BCUT2D eigenvalue weighted by Crippen LogP contribution is 2.32. The van der Waals surface area contributed by atoms with Crippen LogP contribution >= 0.6 is 11.6 Å². The molecule has 1 aromatic heterocycles. The van der Waals surface area contributed by atoms with Gasteiger partial charge in [0.15, 0.2) is 0 Å². The van der Waals surface area contributed by atoms with Gasteiger partial charge >= 0.3 is 0 Å². The molecule has 1 aliphatic carbocycles. The zero-order valence-electron chi connectivity index (χ0n) is 12.5. The van der Waals surface area contributed by atoms with Crippen LogP contribution in [0.25, 0.3) is 0 Å². The van der Waals surface area contributed by atoms with Gasteiger partial charge in [0.05, 0.1) is 10.7 Å². The topological polar surface area (TPSA) is 36.4 Å². The number of carbonyl (C=O) groups is 1. The van der Waals surface area contributed by atoms with Crippen LogP contribution in [-0.2, 0) is 4.79 Å². The van der Waals surface area contributed by atoms with Crippen molar-refractivity contribution in [3.8, 4) is 0 Å². The van der Waals surface area contributed by atoms with Crippen LogP contribution in [0.3, 0.4) is 0 Å². The van der Waals surface area contributed by atoms with Crippen LogP contribution in [-0.4, -0.2) is 42.5 Å². The second-order valence-electron chi connectivity index (χ2n) is 6.25. The average molecular weight is 308 g/mol. The lowest BCUT2D eigenvalue weighted by Crippen LogP contribution is -2.40. The van der Waals surface area contributed by atoms with E-state index in [0.717, 1.165) is 56.0 Å². The quantitative estimate of drug-likeness (QED) is 0.858. The van der Waals surface area contributed by atoms with Gasteiger partial charge in [0.2, 0.25) is 5.91 Å². The second-order valence-corrected chi connectivity index (χ2v) is 6.66. The third-order valence-electron chi connectivity index (χ3n) is 4.54. The Labute approximate surface area is 131 Å². The van der Waals surface area contributed by atoms with E-state index < -0.39 is 0 Å². The Bertz CT molecular complexity index is 510. The summed E-state index contributed by atoms with van der Waals surface area (Å²) >= 11 is 6.20. The SMILES string of the molecule is CN(CC1CCN(c2ccncc2Cl)CC1)C(=O)C1CC1. The Hall–Kier alpha value is -1.29. The van der Waals surface area contributed by atoms with Crippen molar-refractivity contribution in [2.75, 3.05) is 31.6 Å². The Kier molecular flexibility index (Phi) is 4.34. The number of piperidine rings is 1. The first kappa shape index (κ1) is 14.6. The van der Waals surface area contributed by atoms with Gasteiger partial charge in [-0.15, -0.1) is 0 Å². The van der Waals surface area contributed by atoms with E-state index in [1.807, 2.05) is 18.0 Å². The predicted octanol–water partition coefficient (Wildman–Crippen LogP) is 2.82. The molecule has 0 atom stereocenters. The van der Waals surface area contributed by atoms with E-state index in [0.29, 0.717) is 17.7 Å². The van der Waals surface area contributed by atoms with Crippen molar-refractivity contribution in [3.05, 3.63) is 23.5 Å². The zero-order valence-corrected chi connectivity index (χ0v) is 13.2. The van der Waals surface area contributed by atoms with Crippen LogP contribution in [0, 0.1) is 11.8 Å². The lowest BCUT2D eigenvalue weighted by atomic mass is 9.96. The van der Waals surface area contributed by atoms with Gasteiger partial charge in [-0.3, -0.25) is 9.78 Å². The van der Waals surface area contributed by atoms with Crippen molar-refractivity contribution in [2.24, 2.45) is 11.8 Å². The summed E-state index contributed by atoms with van der Waals surface area (Å²) in [5.74, 6) is 1.27. The zero-order chi connectivity index (χ0) is 14.8. The van der Waals surface area contributed by atoms with Gasteiger partial charge in [-0.1, -0.05) is 11.6 Å². The van der Waals surface area contributed by atoms with Crippen molar-refractivity contribution in [1.82, 2.24) is 9.88 Å². The lowest BCUT2D eigenvalue weighted by molar-refractivity contribution is -0.131. The molecule has 1 saturated heterocycles. The van der Waals surface area contributed by atoms with Gasteiger partial charge in [0.1, 0.15) is 0 Å². The van der Waals surface area contributed by atoms with Crippen LogP contribution in [0.5, 0.6) is 0 Å². The molecule has 1 saturated carbocycles. The molecule has 0 unspecified atom stereocenters. The number of hydrogen-bond acceptors (Lipinski definition) is 3. The first-order chi connectivity index (χ1) is 10.1. The summed E-state index contributed by atoms with van der Waals surface area (Å²) in [6.07, 6.45) is 7.88. The first-order valence-corrected chi connectivity index (χ1v) is 8.12. The first-order valence-electron chi connectivity index (χ1n) is 7.74. The van der Waals surface area contributed by atoms with Crippen LogP contribution < -0.4 is 4.90 Å². The fraction of sp³-hybridized carbons (Fsp3) is 0.625. The van der Waals surface area contributed by atoms with Crippen LogP contribution in [0.15, 0.2) is 18.5 Å². The number of nitrogens with zero attached hydrogens (tertiary/aromatic N) is 3. The van der Waals surface area contributed by atoms with Gasteiger partial charge in [-0.2, -0.15) is 0 Å². The number of aromatic nitrogens is 1. The molecule has 0 radical (unpaired) electrons. The highest BCUT2D eigenvalue weighted by atomic mass is 35.5. The molecule has 0 bridgehead atoms. The van der Waals surface area contributed by atoms with Crippen molar-refractivity contribution < 1.29 is 4.79 Å². The second kappa shape index (κ2) is 6.22. The number of carbonyl (C=O) groups excluding carboxylic acids is 1. The van der Waals surface area contributed by atoms with Gasteiger partial charge in [-0.05, 0) is 37.7 Å². The van der Waals surface area contributed by atoms with Crippen molar-refractivity contribution >= 4 is 23.2 Å². The smallest absolute Gasteiger partial charge is 0.225 e. The summed E-state index contributed by atoms with van der Waals surface area (Å²) < 4.78 is 0. The van der Waals surface area contributed by atoms with Gasteiger partial charge in [0.25, 0.3) is 0 Å². The van der Waals surface area contributed by atoms with E-state index in [1.54, 1.807) is 12.4 Å². The molecule has 0 N–H and O–H groups in total. The molecule has 5 heteroatoms. The number of rotatable bonds is 4. The molecule has 2 aliphatic rings. The van der Waals surface area contributed by atoms with Gasteiger partial charge < -0.3 is 9.80 Å². The number of hydrogen-bond donors (Lipinski definition) is 0. The number of anilines is 1. The molecule has 1 aromatic rings. The highest BCUT2D eigenvalue weighted by molar-refractivity contribution is 6.33. The normalized spacial score (nSPS) is 19.6. The van der Waals surface area contributed by atoms with E-state index in [-0.39, 0.29) is 0 Å². The van der Waals surface area contributed by atoms with E-state index >= 15 is 0 Å². The molecule has 114 valence electrons. The number of pyridine rings is 1. The lowest BCUT2D eigenvalue weighted by Gasteiger charge is -2.35. The van der Waals surface area contributed by atoms with Crippen molar-refractivity contribution in [1.29, 1.82) is 0 Å². The van der Waals surface area contributed by atoms with E-state index in [4.69, 9.17) is 11.6 Å². The maximum atomic E-state index is 12.0. The summed E-state index contributed by atoms with van der Waals surface area (Å²) in [6, 6.07) is 1.98. The van der Waals surface area contributed by atoms with Crippen LogP contribution in [0.2, 0.25) is 5.02 Å². The minimum Gasteiger partial charge on any atom is -0.370 e. The van der Waals surface area contributed by atoms with E-state index in [9.17, 15) is 4.79 Å². The van der Waals surface area contributed by atoms with Crippen molar-refractivity contribution in [3.63, 3.8) is 0 Å². The third kappa shape index (κ3) is 3.49. The summed E-state index contributed by atoms with van der Waals surface area (Å²) in [4.78, 5) is 20.3. The summed E-state index contributed by atoms with van der Waals surface area (Å²) in [5.41, 5.74) is 1.08. The summed E-state index contributed by atoms with van der Waals surface area (Å²) in [7, 11) is 1.95. The molecular formula is C16H22ClN3O. The fourth-order valence-electron chi connectivity index (χ4n) is 3.10. The highest BCUT2D eigenvalue weighted by Gasteiger charge is 2.33. The van der Waals surface area contributed by atoms with Crippen LogP contribution in [0.4, 0.5) is 5.69 Å². The standard InChI is InChI=1S/C16H22ClN3O/c1-19(16(21)13-2-3-13)11-12-5-8-20(9-6-12)15-4-7-18-10-14(15)17/h4,7,10,12-13H,2-3,5-6,8-9,11H2,1H3. The molecule has 2 heterocycles. The Morgan fingerprint density at radius 2 is 2.10 bits per heavy atom. The monoisotopic (exact) mass is 307 g/mol. The Morgan fingerprint density at radius 1 is 1.38 bits per heavy atom. The summed E-state index contributed by atoms with van der Waals surface area (Å²) in [6.45, 7) is 2.90. The molecule has 0 spiro atoms. The summed E-state index contributed by atoms with van der Waals surface area (Å²) in [5, 5.41) is 0.719. The maximum absolute atomic E-state index is 12.0. The van der Waals surface area contributed by atoms with Gasteiger partial charge in [-0.25, -0.2) is 0 Å². The minimum atomic E-state index is 0.325. The third-order valence-corrected chi connectivity index (χ3v) is 4.83.